The van der Waals surface area contributed by atoms with Gasteiger partial charge in [-0.2, -0.15) is 0 Å². The number of aromatic nitrogens is 1. The lowest BCUT2D eigenvalue weighted by Crippen LogP contribution is -2.29. The number of thiophene rings is 1. The highest BCUT2D eigenvalue weighted by atomic mass is 32.1. The summed E-state index contributed by atoms with van der Waals surface area (Å²) in [5, 5.41) is 8.84. The number of hydrogen-bond acceptors (Lipinski definition) is 6. The molecule has 1 amide bonds. The molecule has 0 aromatic carbocycles. The van der Waals surface area contributed by atoms with Crippen molar-refractivity contribution in [3.63, 3.8) is 0 Å². The maximum atomic E-state index is 12.4. The van der Waals surface area contributed by atoms with Crippen molar-refractivity contribution >= 4 is 27.9 Å². The van der Waals surface area contributed by atoms with E-state index in [1.54, 1.807) is 13.8 Å². The van der Waals surface area contributed by atoms with Crippen LogP contribution in [0.25, 0.3) is 0 Å². The van der Waals surface area contributed by atoms with Crippen molar-refractivity contribution in [2.75, 3.05) is 31.7 Å². The largest absolute Gasteiger partial charge is 0.394 e. The van der Waals surface area contributed by atoms with Crippen LogP contribution in [-0.2, 0) is 6.54 Å². The SMILES string of the molecule is CC.CCNc1scc(C(=O)NCc2c(C)[nH]c(C)c(N)c2=O)c1C.CN(C)C1CCCCC1. The lowest BCUT2D eigenvalue weighted by Gasteiger charge is -2.27. The van der Waals surface area contributed by atoms with Gasteiger partial charge in [0.2, 0.25) is 5.43 Å². The number of carbonyl (C=O) groups is 1. The molecule has 0 radical (unpaired) electrons. The zero-order chi connectivity index (χ0) is 25.8. The minimum atomic E-state index is -0.227. The standard InChI is InChI=1S/C16H22N4O2S.C8H17N.C2H6/c1-5-18-16-8(2)12(7-23-16)15(22)19-6-11-9(3)20-10(4)13(17)14(11)21;1-9(2)8-6-4-3-5-7-8;1-2/h7,18H,5-6,17H2,1-4H3,(H,19,22)(H,20,21);8H,3-7H2,1-2H3;1-2H3. The summed E-state index contributed by atoms with van der Waals surface area (Å²) in [5.41, 5.74) is 9.13. The molecule has 3 rings (SSSR count). The first-order chi connectivity index (χ1) is 16.2. The number of nitrogen functional groups attached to an aromatic ring is 1. The van der Waals surface area contributed by atoms with E-state index in [1.165, 1.54) is 43.4 Å². The van der Waals surface area contributed by atoms with Gasteiger partial charge in [0.15, 0.2) is 0 Å². The monoisotopic (exact) mass is 491 g/mol. The molecule has 7 nitrogen and oxygen atoms in total. The average Bonchev–Trinajstić information content (AvgIpc) is 3.20. The maximum absolute atomic E-state index is 12.4. The van der Waals surface area contributed by atoms with Gasteiger partial charge in [-0.3, -0.25) is 9.59 Å². The lowest BCUT2D eigenvalue weighted by atomic mass is 9.95. The van der Waals surface area contributed by atoms with Crippen LogP contribution in [0.3, 0.4) is 0 Å². The molecule has 0 unspecified atom stereocenters. The Kier molecular flexibility index (Phi) is 13.0. The number of pyridine rings is 1. The highest BCUT2D eigenvalue weighted by molar-refractivity contribution is 7.14. The smallest absolute Gasteiger partial charge is 0.252 e. The highest BCUT2D eigenvalue weighted by Gasteiger charge is 2.16. The normalized spacial score (nSPS) is 13.4. The second-order valence-electron chi connectivity index (χ2n) is 8.67. The number of aromatic amines is 1. The molecule has 5 N–H and O–H groups in total. The van der Waals surface area contributed by atoms with Crippen LogP contribution < -0.4 is 21.8 Å². The average molecular weight is 492 g/mol. The number of hydrogen-bond donors (Lipinski definition) is 4. The van der Waals surface area contributed by atoms with Crippen LogP contribution in [0.5, 0.6) is 0 Å². The van der Waals surface area contributed by atoms with Gasteiger partial charge in [-0.25, -0.2) is 0 Å². The van der Waals surface area contributed by atoms with Gasteiger partial charge >= 0.3 is 0 Å². The molecule has 2 aromatic rings. The molecule has 1 aliphatic rings. The van der Waals surface area contributed by atoms with Gasteiger partial charge in [0.1, 0.15) is 0 Å². The van der Waals surface area contributed by atoms with Gasteiger partial charge in [-0.05, 0) is 60.2 Å². The second kappa shape index (κ2) is 14.8. The molecule has 192 valence electrons. The fourth-order valence-corrected chi connectivity index (χ4v) is 5.01. The Morgan fingerprint density at radius 2 is 1.76 bits per heavy atom. The summed E-state index contributed by atoms with van der Waals surface area (Å²) in [7, 11) is 4.38. The minimum absolute atomic E-state index is 0.149. The molecule has 2 heterocycles. The molecule has 1 saturated carbocycles. The predicted octanol–water partition coefficient (Wildman–Crippen LogP) is 5.21. The number of nitrogens with zero attached hydrogens (tertiary/aromatic N) is 1. The second-order valence-corrected chi connectivity index (χ2v) is 9.55. The number of nitrogens with two attached hydrogens (primary N) is 1. The Morgan fingerprint density at radius 3 is 2.29 bits per heavy atom. The molecule has 8 heteroatoms. The van der Waals surface area contributed by atoms with E-state index < -0.39 is 0 Å². The summed E-state index contributed by atoms with van der Waals surface area (Å²) in [4.78, 5) is 30.0. The maximum Gasteiger partial charge on any atom is 0.252 e. The number of nitrogens with one attached hydrogen (secondary N) is 3. The van der Waals surface area contributed by atoms with E-state index in [2.05, 4.69) is 34.6 Å². The molecule has 0 spiro atoms. The molecule has 34 heavy (non-hydrogen) atoms. The fraction of sp³-hybridized carbons (Fsp3) is 0.615. The van der Waals surface area contributed by atoms with E-state index >= 15 is 0 Å². The number of rotatable bonds is 6. The van der Waals surface area contributed by atoms with E-state index in [-0.39, 0.29) is 23.6 Å². The van der Waals surface area contributed by atoms with Crippen molar-refractivity contribution in [1.82, 2.24) is 15.2 Å². The molecule has 2 aromatic heterocycles. The fourth-order valence-electron chi connectivity index (χ4n) is 3.98. The Morgan fingerprint density at radius 1 is 1.15 bits per heavy atom. The number of amides is 1. The summed E-state index contributed by atoms with van der Waals surface area (Å²) in [6.07, 6.45) is 7.20. The molecular formula is C26H45N5O2S. The van der Waals surface area contributed by atoms with Crippen molar-refractivity contribution < 1.29 is 4.79 Å². The summed E-state index contributed by atoms with van der Waals surface area (Å²) in [6.45, 7) is 12.4. The van der Waals surface area contributed by atoms with Crippen LogP contribution in [0.15, 0.2) is 10.2 Å². The number of carbonyl (C=O) groups excluding carboxylic acids is 1. The van der Waals surface area contributed by atoms with Gasteiger partial charge in [0.05, 0.1) is 16.3 Å². The molecule has 0 saturated heterocycles. The van der Waals surface area contributed by atoms with E-state index in [0.29, 0.717) is 16.8 Å². The molecule has 0 aliphatic heterocycles. The van der Waals surface area contributed by atoms with Crippen molar-refractivity contribution in [3.8, 4) is 0 Å². The lowest BCUT2D eigenvalue weighted by molar-refractivity contribution is 0.0950. The van der Waals surface area contributed by atoms with Crippen molar-refractivity contribution in [2.24, 2.45) is 0 Å². The van der Waals surface area contributed by atoms with Crippen LogP contribution in [0, 0.1) is 20.8 Å². The predicted molar refractivity (Wildman–Crippen MR) is 147 cm³/mol. The van der Waals surface area contributed by atoms with Gasteiger partial charge in [0.25, 0.3) is 5.91 Å². The number of anilines is 2. The number of H-pyrrole nitrogens is 1. The molecule has 0 atom stereocenters. The molecule has 1 fully saturated rings. The zero-order valence-electron chi connectivity index (χ0n) is 22.4. The molecule has 0 bridgehead atoms. The van der Waals surface area contributed by atoms with E-state index in [1.807, 2.05) is 33.1 Å². The van der Waals surface area contributed by atoms with Gasteiger partial charge in [-0.15, -0.1) is 11.3 Å². The van der Waals surface area contributed by atoms with Crippen LogP contribution in [0.4, 0.5) is 10.7 Å². The van der Waals surface area contributed by atoms with Crippen LogP contribution in [0.1, 0.15) is 85.7 Å². The third-order valence-electron chi connectivity index (χ3n) is 6.10. The zero-order valence-corrected chi connectivity index (χ0v) is 23.2. The first-order valence-corrected chi connectivity index (χ1v) is 13.3. The Labute approximate surface area is 209 Å². The third kappa shape index (κ3) is 8.17. The molecular weight excluding hydrogens is 446 g/mol. The van der Waals surface area contributed by atoms with E-state index in [0.717, 1.165) is 28.8 Å². The van der Waals surface area contributed by atoms with Gasteiger partial charge < -0.3 is 26.3 Å². The van der Waals surface area contributed by atoms with Gasteiger partial charge in [0, 0.05) is 41.5 Å². The summed E-state index contributed by atoms with van der Waals surface area (Å²) < 4.78 is 0. The first kappa shape index (κ1) is 29.7. The Balaban J connectivity index is 0.000000437. The minimum Gasteiger partial charge on any atom is -0.394 e. The van der Waals surface area contributed by atoms with Crippen molar-refractivity contribution in [3.05, 3.63) is 43.7 Å². The van der Waals surface area contributed by atoms with Crippen molar-refractivity contribution in [1.29, 1.82) is 0 Å². The molecule has 1 aliphatic carbocycles. The quantitative estimate of drug-likeness (QED) is 0.444. The van der Waals surface area contributed by atoms with Crippen LogP contribution in [-0.4, -0.2) is 42.5 Å². The van der Waals surface area contributed by atoms with Crippen molar-refractivity contribution in [2.45, 2.75) is 86.2 Å². The summed E-state index contributed by atoms with van der Waals surface area (Å²) in [5.74, 6) is -0.194. The van der Waals surface area contributed by atoms with Gasteiger partial charge in [-0.1, -0.05) is 33.1 Å². The number of aryl methyl sites for hydroxylation is 2. The Bertz CT molecular complexity index is 959. The Hall–Kier alpha value is -2.32. The topological polar surface area (TPSA) is 103 Å². The van der Waals surface area contributed by atoms with E-state index in [9.17, 15) is 9.59 Å². The summed E-state index contributed by atoms with van der Waals surface area (Å²) in [6, 6.07) is 0.888. The first-order valence-electron chi connectivity index (χ1n) is 12.4. The van der Waals surface area contributed by atoms with Crippen LogP contribution in [0.2, 0.25) is 0 Å². The van der Waals surface area contributed by atoms with E-state index in [4.69, 9.17) is 5.73 Å². The highest BCUT2D eigenvalue weighted by Crippen LogP contribution is 2.27. The van der Waals surface area contributed by atoms with Crippen LogP contribution >= 0.6 is 11.3 Å². The third-order valence-corrected chi connectivity index (χ3v) is 7.14. The summed E-state index contributed by atoms with van der Waals surface area (Å²) >= 11 is 1.50.